The number of rotatable bonds is 4. The third kappa shape index (κ3) is 2.39. The maximum absolute atomic E-state index is 5.33. The molecule has 0 saturated heterocycles. The van der Waals surface area contributed by atoms with Crippen molar-refractivity contribution in [3.05, 3.63) is 35.5 Å². The van der Waals surface area contributed by atoms with Crippen molar-refractivity contribution in [1.82, 2.24) is 4.98 Å². The monoisotopic (exact) mass is 269 g/mol. The Morgan fingerprint density at radius 2 is 2.15 bits per heavy atom. The molecule has 0 spiro atoms. The molecule has 0 radical (unpaired) electrons. The van der Waals surface area contributed by atoms with Gasteiger partial charge in [-0.25, -0.2) is 0 Å². The highest BCUT2D eigenvalue weighted by Gasteiger charge is 2.18. The van der Waals surface area contributed by atoms with E-state index in [0.717, 1.165) is 31.5 Å². The average molecular weight is 269 g/mol. The summed E-state index contributed by atoms with van der Waals surface area (Å²) in [4.78, 5) is 12.2. The van der Waals surface area contributed by atoms with Gasteiger partial charge in [-0.2, -0.15) is 0 Å². The Morgan fingerprint density at radius 1 is 1.30 bits per heavy atom. The summed E-state index contributed by atoms with van der Waals surface area (Å²) in [6, 6.07) is 8.43. The molecule has 1 aliphatic rings. The Bertz CT molecular complexity index is 677. The number of nitrogens with zero attached hydrogens (tertiary/aromatic N) is 2. The number of aliphatic imine (C=N–C) groups is 2. The predicted octanol–water partition coefficient (Wildman–Crippen LogP) is 1.57. The van der Waals surface area contributed by atoms with Gasteiger partial charge in [-0.15, -0.1) is 0 Å². The zero-order chi connectivity index (χ0) is 13.9. The van der Waals surface area contributed by atoms with Gasteiger partial charge < -0.3 is 16.5 Å². The Labute approximate surface area is 117 Å². The van der Waals surface area contributed by atoms with E-state index in [4.69, 9.17) is 11.5 Å². The molecule has 2 heterocycles. The SMILES string of the molecule is NC(N)=NCCCC1=NCCc2c1[nH]c1ccccc21. The number of H-pyrrole nitrogens is 1. The molecule has 2 aromatic rings. The Balaban J connectivity index is 1.81. The molecule has 3 rings (SSSR count). The Kier molecular flexibility index (Phi) is 3.41. The normalized spacial score (nSPS) is 13.9. The molecule has 104 valence electrons. The van der Waals surface area contributed by atoms with Gasteiger partial charge in [0, 0.05) is 24.0 Å². The van der Waals surface area contributed by atoms with E-state index in [-0.39, 0.29) is 5.96 Å². The summed E-state index contributed by atoms with van der Waals surface area (Å²) in [7, 11) is 0. The molecule has 0 aliphatic carbocycles. The lowest BCUT2D eigenvalue weighted by molar-refractivity contribution is 0.851. The summed E-state index contributed by atoms with van der Waals surface area (Å²) in [6.45, 7) is 1.52. The molecule has 0 unspecified atom stereocenters. The van der Waals surface area contributed by atoms with Crippen molar-refractivity contribution in [2.75, 3.05) is 13.1 Å². The molecule has 20 heavy (non-hydrogen) atoms. The van der Waals surface area contributed by atoms with Crippen LogP contribution >= 0.6 is 0 Å². The van der Waals surface area contributed by atoms with E-state index in [0.29, 0.717) is 6.54 Å². The minimum Gasteiger partial charge on any atom is -0.370 e. The highest BCUT2D eigenvalue weighted by molar-refractivity contribution is 6.06. The van der Waals surface area contributed by atoms with Gasteiger partial charge in [-0.1, -0.05) is 18.2 Å². The molecule has 1 aromatic heterocycles. The van der Waals surface area contributed by atoms with Crippen LogP contribution in [0.3, 0.4) is 0 Å². The van der Waals surface area contributed by atoms with E-state index >= 15 is 0 Å². The van der Waals surface area contributed by atoms with Crippen LogP contribution < -0.4 is 11.5 Å². The smallest absolute Gasteiger partial charge is 0.185 e. The van der Waals surface area contributed by atoms with Crippen LogP contribution in [0.2, 0.25) is 0 Å². The van der Waals surface area contributed by atoms with E-state index in [1.807, 2.05) is 0 Å². The van der Waals surface area contributed by atoms with Crippen LogP contribution in [0.25, 0.3) is 10.9 Å². The molecule has 0 fully saturated rings. The molecule has 5 N–H and O–H groups in total. The van der Waals surface area contributed by atoms with Crippen LogP contribution in [-0.4, -0.2) is 29.7 Å². The van der Waals surface area contributed by atoms with Crippen molar-refractivity contribution in [2.24, 2.45) is 21.5 Å². The molecule has 5 heteroatoms. The van der Waals surface area contributed by atoms with Crippen molar-refractivity contribution in [3.8, 4) is 0 Å². The lowest BCUT2D eigenvalue weighted by Gasteiger charge is -2.13. The van der Waals surface area contributed by atoms with Crippen molar-refractivity contribution >= 4 is 22.6 Å². The number of hydrogen-bond acceptors (Lipinski definition) is 2. The van der Waals surface area contributed by atoms with Crippen LogP contribution in [0.15, 0.2) is 34.3 Å². The summed E-state index contributed by atoms with van der Waals surface area (Å²) in [5, 5.41) is 1.32. The van der Waals surface area contributed by atoms with Crippen molar-refractivity contribution in [1.29, 1.82) is 0 Å². The zero-order valence-corrected chi connectivity index (χ0v) is 11.4. The second-order valence-corrected chi connectivity index (χ2v) is 5.01. The van der Waals surface area contributed by atoms with Crippen LogP contribution in [0.5, 0.6) is 0 Å². The number of nitrogens with two attached hydrogens (primary N) is 2. The number of aromatic nitrogens is 1. The first-order chi connectivity index (χ1) is 9.75. The minimum atomic E-state index is 0.155. The van der Waals surface area contributed by atoms with E-state index in [1.54, 1.807) is 0 Å². The lowest BCUT2D eigenvalue weighted by atomic mass is 10.00. The highest BCUT2D eigenvalue weighted by Crippen LogP contribution is 2.27. The van der Waals surface area contributed by atoms with Gasteiger partial charge in [-0.3, -0.25) is 9.98 Å². The van der Waals surface area contributed by atoms with Gasteiger partial charge in [0.2, 0.25) is 0 Å². The van der Waals surface area contributed by atoms with Crippen LogP contribution in [0.1, 0.15) is 24.1 Å². The largest absolute Gasteiger partial charge is 0.370 e. The molecule has 1 aromatic carbocycles. The van der Waals surface area contributed by atoms with Crippen molar-refractivity contribution in [2.45, 2.75) is 19.3 Å². The highest BCUT2D eigenvalue weighted by atomic mass is 15.0. The summed E-state index contributed by atoms with van der Waals surface area (Å²) in [6.07, 6.45) is 2.82. The van der Waals surface area contributed by atoms with Crippen molar-refractivity contribution in [3.63, 3.8) is 0 Å². The molecular formula is C15H19N5. The summed E-state index contributed by atoms with van der Waals surface area (Å²) < 4.78 is 0. The second kappa shape index (κ2) is 5.36. The summed E-state index contributed by atoms with van der Waals surface area (Å²) in [5.74, 6) is 0.155. The first-order valence-electron chi connectivity index (χ1n) is 6.94. The number of aromatic amines is 1. The Morgan fingerprint density at radius 3 is 3.00 bits per heavy atom. The minimum absolute atomic E-state index is 0.155. The maximum Gasteiger partial charge on any atom is 0.185 e. The molecule has 0 amide bonds. The summed E-state index contributed by atoms with van der Waals surface area (Å²) >= 11 is 0. The zero-order valence-electron chi connectivity index (χ0n) is 11.4. The first kappa shape index (κ1) is 12.7. The number of para-hydroxylation sites is 1. The standard InChI is InChI=1S/C15H19N5/c16-15(17)19-8-3-6-13-14-11(7-9-18-13)10-4-1-2-5-12(10)20-14/h1-2,4-5,20H,3,6-9H2,(H4,16,17,19). The van der Waals surface area contributed by atoms with Gasteiger partial charge in [-0.05, 0) is 30.9 Å². The maximum atomic E-state index is 5.33. The van der Waals surface area contributed by atoms with E-state index < -0.39 is 0 Å². The fourth-order valence-electron chi connectivity index (χ4n) is 2.75. The first-order valence-corrected chi connectivity index (χ1v) is 6.94. The number of nitrogens with one attached hydrogen (secondary N) is 1. The molecule has 1 aliphatic heterocycles. The molecule has 0 saturated carbocycles. The predicted molar refractivity (Wildman–Crippen MR) is 83.3 cm³/mol. The summed E-state index contributed by atoms with van der Waals surface area (Å²) in [5.41, 5.74) is 15.6. The molecular weight excluding hydrogens is 250 g/mol. The quantitative estimate of drug-likeness (QED) is 0.446. The number of hydrogen-bond donors (Lipinski definition) is 3. The third-order valence-corrected chi connectivity index (χ3v) is 3.63. The fraction of sp³-hybridized carbons (Fsp3) is 0.333. The van der Waals surface area contributed by atoms with Gasteiger partial charge >= 0.3 is 0 Å². The third-order valence-electron chi connectivity index (χ3n) is 3.63. The molecule has 5 nitrogen and oxygen atoms in total. The van der Waals surface area contributed by atoms with Gasteiger partial charge in [0.1, 0.15) is 0 Å². The van der Waals surface area contributed by atoms with E-state index in [2.05, 4.69) is 39.2 Å². The van der Waals surface area contributed by atoms with E-state index in [1.165, 1.54) is 22.2 Å². The Hall–Kier alpha value is -2.30. The molecule has 0 bridgehead atoms. The fourth-order valence-corrected chi connectivity index (χ4v) is 2.75. The number of guanidine groups is 1. The number of benzene rings is 1. The van der Waals surface area contributed by atoms with Crippen LogP contribution in [0.4, 0.5) is 0 Å². The van der Waals surface area contributed by atoms with Crippen molar-refractivity contribution < 1.29 is 0 Å². The molecule has 0 atom stereocenters. The topological polar surface area (TPSA) is 92.6 Å². The lowest BCUT2D eigenvalue weighted by Crippen LogP contribution is -2.23. The number of fused-ring (bicyclic) bond motifs is 3. The van der Waals surface area contributed by atoms with E-state index in [9.17, 15) is 0 Å². The van der Waals surface area contributed by atoms with Gasteiger partial charge in [0.05, 0.1) is 11.4 Å². The van der Waals surface area contributed by atoms with Crippen LogP contribution in [0, 0.1) is 0 Å². The second-order valence-electron chi connectivity index (χ2n) is 5.01. The average Bonchev–Trinajstić information content (AvgIpc) is 2.83. The van der Waals surface area contributed by atoms with Gasteiger partial charge in [0.25, 0.3) is 0 Å². The van der Waals surface area contributed by atoms with Gasteiger partial charge in [0.15, 0.2) is 5.96 Å². The van der Waals surface area contributed by atoms with Crippen LogP contribution in [-0.2, 0) is 6.42 Å².